The minimum absolute atomic E-state index is 0.0707. The second-order valence-corrected chi connectivity index (χ2v) is 3.45. The SMILES string of the molecule is Cn1nc(Br)cc1C(CN)C(=O)O. The molecule has 0 amide bonds. The van der Waals surface area contributed by atoms with Gasteiger partial charge < -0.3 is 10.8 Å². The van der Waals surface area contributed by atoms with E-state index in [-0.39, 0.29) is 6.54 Å². The molecule has 0 aromatic carbocycles. The van der Waals surface area contributed by atoms with Crippen LogP contribution in [0.1, 0.15) is 11.6 Å². The molecular weight excluding hydrogens is 238 g/mol. The van der Waals surface area contributed by atoms with Crippen LogP contribution < -0.4 is 5.73 Å². The molecule has 1 aromatic rings. The van der Waals surface area contributed by atoms with E-state index >= 15 is 0 Å². The first kappa shape index (κ1) is 10.2. The maximum atomic E-state index is 10.8. The van der Waals surface area contributed by atoms with Gasteiger partial charge in [-0.2, -0.15) is 5.10 Å². The van der Waals surface area contributed by atoms with E-state index in [1.54, 1.807) is 13.1 Å². The summed E-state index contributed by atoms with van der Waals surface area (Å²) in [6.07, 6.45) is 0. The Kier molecular flexibility index (Phi) is 3.05. The van der Waals surface area contributed by atoms with Crippen LogP contribution in [0.25, 0.3) is 0 Å². The Balaban J connectivity index is 3.04. The van der Waals surface area contributed by atoms with Crippen molar-refractivity contribution in [3.05, 3.63) is 16.4 Å². The van der Waals surface area contributed by atoms with Crippen LogP contribution in [0.15, 0.2) is 10.7 Å². The number of hydrogen-bond acceptors (Lipinski definition) is 3. The average Bonchev–Trinajstić information content (AvgIpc) is 2.31. The highest BCUT2D eigenvalue weighted by Gasteiger charge is 2.21. The van der Waals surface area contributed by atoms with E-state index in [4.69, 9.17) is 10.8 Å². The Hall–Kier alpha value is -0.880. The maximum Gasteiger partial charge on any atom is 0.313 e. The van der Waals surface area contributed by atoms with Crippen molar-refractivity contribution in [2.75, 3.05) is 6.54 Å². The van der Waals surface area contributed by atoms with Gasteiger partial charge in [0.05, 0.1) is 5.69 Å². The lowest BCUT2D eigenvalue weighted by atomic mass is 10.1. The standard InChI is InChI=1S/C7H10BrN3O2/c1-11-5(2-6(8)10-11)4(3-9)7(12)13/h2,4H,3,9H2,1H3,(H,12,13). The van der Waals surface area contributed by atoms with Gasteiger partial charge in [-0.05, 0) is 22.0 Å². The molecule has 0 aliphatic heterocycles. The third-order valence-corrected chi connectivity index (χ3v) is 2.16. The normalized spacial score (nSPS) is 12.8. The topological polar surface area (TPSA) is 81.1 Å². The molecule has 0 radical (unpaired) electrons. The molecule has 1 heterocycles. The molecule has 1 aromatic heterocycles. The van der Waals surface area contributed by atoms with Crippen LogP contribution >= 0.6 is 15.9 Å². The summed E-state index contributed by atoms with van der Waals surface area (Å²) in [4.78, 5) is 10.8. The first-order valence-corrected chi connectivity index (χ1v) is 4.48. The van der Waals surface area contributed by atoms with Crippen LogP contribution in [0.2, 0.25) is 0 Å². The third-order valence-electron chi connectivity index (χ3n) is 1.78. The molecule has 0 saturated carbocycles. The Labute approximate surface area is 83.7 Å². The molecular formula is C7H10BrN3O2. The molecule has 3 N–H and O–H groups in total. The number of carboxylic acid groups (broad SMARTS) is 1. The minimum Gasteiger partial charge on any atom is -0.481 e. The number of rotatable bonds is 3. The van der Waals surface area contributed by atoms with E-state index in [1.807, 2.05) is 0 Å². The summed E-state index contributed by atoms with van der Waals surface area (Å²) in [5.74, 6) is -1.62. The number of hydrogen-bond donors (Lipinski definition) is 2. The van der Waals surface area contributed by atoms with Gasteiger partial charge in [-0.15, -0.1) is 0 Å². The number of halogens is 1. The van der Waals surface area contributed by atoms with Crippen LogP contribution in [-0.2, 0) is 11.8 Å². The van der Waals surface area contributed by atoms with E-state index < -0.39 is 11.9 Å². The van der Waals surface area contributed by atoms with Gasteiger partial charge in [-0.3, -0.25) is 9.48 Å². The maximum absolute atomic E-state index is 10.8. The largest absolute Gasteiger partial charge is 0.481 e. The molecule has 6 heteroatoms. The first-order chi connectivity index (χ1) is 6.06. The monoisotopic (exact) mass is 247 g/mol. The third kappa shape index (κ3) is 2.07. The molecule has 13 heavy (non-hydrogen) atoms. The molecule has 0 bridgehead atoms. The highest BCUT2D eigenvalue weighted by atomic mass is 79.9. The van der Waals surface area contributed by atoms with Crippen molar-refractivity contribution < 1.29 is 9.90 Å². The predicted octanol–water partition coefficient (Wildman–Crippen LogP) is 0.310. The Morgan fingerprint density at radius 2 is 2.54 bits per heavy atom. The van der Waals surface area contributed by atoms with Crippen molar-refractivity contribution in [3.8, 4) is 0 Å². The van der Waals surface area contributed by atoms with E-state index in [1.165, 1.54) is 4.68 Å². The Morgan fingerprint density at radius 3 is 2.85 bits per heavy atom. The summed E-state index contributed by atoms with van der Waals surface area (Å²) in [6.45, 7) is 0.0707. The highest BCUT2D eigenvalue weighted by molar-refractivity contribution is 9.10. The summed E-state index contributed by atoms with van der Waals surface area (Å²) in [7, 11) is 1.69. The number of nitrogens with zero attached hydrogens (tertiary/aromatic N) is 2. The molecule has 1 unspecified atom stereocenters. The summed E-state index contributed by atoms with van der Waals surface area (Å²) in [5, 5.41) is 12.8. The van der Waals surface area contributed by atoms with Crippen molar-refractivity contribution in [2.45, 2.75) is 5.92 Å². The zero-order chi connectivity index (χ0) is 10.0. The number of carboxylic acids is 1. The fourth-order valence-corrected chi connectivity index (χ4v) is 1.59. The Bertz CT molecular complexity index is 324. The van der Waals surface area contributed by atoms with Gasteiger partial charge in [0.1, 0.15) is 10.5 Å². The summed E-state index contributed by atoms with van der Waals surface area (Å²) >= 11 is 3.16. The zero-order valence-electron chi connectivity index (χ0n) is 7.07. The van der Waals surface area contributed by atoms with Crippen molar-refractivity contribution in [1.29, 1.82) is 0 Å². The smallest absolute Gasteiger partial charge is 0.313 e. The van der Waals surface area contributed by atoms with Gasteiger partial charge in [0.25, 0.3) is 0 Å². The van der Waals surface area contributed by atoms with Gasteiger partial charge in [0.15, 0.2) is 0 Å². The number of carbonyl (C=O) groups is 1. The lowest BCUT2D eigenvalue weighted by Crippen LogP contribution is -2.23. The second kappa shape index (κ2) is 3.89. The van der Waals surface area contributed by atoms with E-state index in [0.29, 0.717) is 10.3 Å². The van der Waals surface area contributed by atoms with Crippen molar-refractivity contribution in [1.82, 2.24) is 9.78 Å². The zero-order valence-corrected chi connectivity index (χ0v) is 8.65. The van der Waals surface area contributed by atoms with Crippen molar-refractivity contribution in [3.63, 3.8) is 0 Å². The van der Waals surface area contributed by atoms with Crippen molar-refractivity contribution in [2.24, 2.45) is 12.8 Å². The fraction of sp³-hybridized carbons (Fsp3) is 0.429. The van der Waals surface area contributed by atoms with E-state index in [2.05, 4.69) is 21.0 Å². The molecule has 0 spiro atoms. The molecule has 5 nitrogen and oxygen atoms in total. The van der Waals surface area contributed by atoms with Gasteiger partial charge in [0.2, 0.25) is 0 Å². The van der Waals surface area contributed by atoms with Gasteiger partial charge in [-0.25, -0.2) is 0 Å². The van der Waals surface area contributed by atoms with E-state index in [0.717, 1.165) is 0 Å². The lowest BCUT2D eigenvalue weighted by Gasteiger charge is -2.08. The fourth-order valence-electron chi connectivity index (χ4n) is 1.12. The van der Waals surface area contributed by atoms with E-state index in [9.17, 15) is 4.79 Å². The summed E-state index contributed by atoms with van der Waals surface area (Å²) < 4.78 is 2.13. The van der Waals surface area contributed by atoms with Crippen LogP contribution in [0.3, 0.4) is 0 Å². The molecule has 0 fully saturated rings. The molecule has 1 atom stereocenters. The highest BCUT2D eigenvalue weighted by Crippen LogP contribution is 2.18. The van der Waals surface area contributed by atoms with Crippen molar-refractivity contribution >= 4 is 21.9 Å². The number of aliphatic carboxylic acids is 1. The number of aromatic nitrogens is 2. The number of nitrogens with two attached hydrogens (primary N) is 1. The minimum atomic E-state index is -0.932. The van der Waals surface area contributed by atoms with Crippen LogP contribution in [-0.4, -0.2) is 27.4 Å². The predicted molar refractivity (Wildman–Crippen MR) is 50.3 cm³/mol. The second-order valence-electron chi connectivity index (χ2n) is 2.64. The number of aryl methyl sites for hydroxylation is 1. The lowest BCUT2D eigenvalue weighted by molar-refractivity contribution is -0.138. The van der Waals surface area contributed by atoms with Crippen LogP contribution in [0.4, 0.5) is 0 Å². The van der Waals surface area contributed by atoms with Gasteiger partial charge in [-0.1, -0.05) is 0 Å². The van der Waals surface area contributed by atoms with Crippen LogP contribution in [0.5, 0.6) is 0 Å². The molecule has 0 aliphatic rings. The molecule has 0 saturated heterocycles. The molecule has 0 aliphatic carbocycles. The van der Waals surface area contributed by atoms with Gasteiger partial charge in [0, 0.05) is 13.6 Å². The Morgan fingerprint density at radius 1 is 1.92 bits per heavy atom. The summed E-state index contributed by atoms with van der Waals surface area (Å²) in [6, 6.07) is 1.66. The molecule has 1 rings (SSSR count). The van der Waals surface area contributed by atoms with Crippen LogP contribution in [0, 0.1) is 0 Å². The average molecular weight is 248 g/mol. The quantitative estimate of drug-likeness (QED) is 0.806. The first-order valence-electron chi connectivity index (χ1n) is 3.68. The summed E-state index contributed by atoms with van der Waals surface area (Å²) in [5.41, 5.74) is 5.95. The van der Waals surface area contributed by atoms with Gasteiger partial charge >= 0.3 is 5.97 Å². The molecule has 72 valence electrons.